The SMILES string of the molecule is CCCNC(CCC1CCCO1)C1CCC(C)C1. The largest absolute Gasteiger partial charge is 0.378 e. The maximum atomic E-state index is 5.76. The first-order valence-electron chi connectivity index (χ1n) is 8.14. The minimum absolute atomic E-state index is 0.565. The summed E-state index contributed by atoms with van der Waals surface area (Å²) in [6, 6.07) is 0.749. The van der Waals surface area contributed by atoms with Crippen molar-refractivity contribution < 1.29 is 4.74 Å². The van der Waals surface area contributed by atoms with Gasteiger partial charge < -0.3 is 10.1 Å². The van der Waals surface area contributed by atoms with E-state index < -0.39 is 0 Å². The molecule has 106 valence electrons. The first kappa shape index (κ1) is 14.3. The zero-order valence-electron chi connectivity index (χ0n) is 12.3. The molecule has 0 radical (unpaired) electrons. The van der Waals surface area contributed by atoms with Crippen LogP contribution in [0.15, 0.2) is 0 Å². The summed E-state index contributed by atoms with van der Waals surface area (Å²) in [5.74, 6) is 1.87. The predicted octanol–water partition coefficient (Wildman–Crippen LogP) is 3.75. The van der Waals surface area contributed by atoms with Crippen molar-refractivity contribution >= 4 is 0 Å². The molecule has 0 aromatic carbocycles. The smallest absolute Gasteiger partial charge is 0.0576 e. The molecule has 2 aliphatic rings. The van der Waals surface area contributed by atoms with E-state index in [-0.39, 0.29) is 0 Å². The number of hydrogen-bond donors (Lipinski definition) is 1. The van der Waals surface area contributed by atoms with Gasteiger partial charge in [-0.05, 0) is 63.3 Å². The molecule has 0 aromatic heterocycles. The second kappa shape index (κ2) is 7.49. The van der Waals surface area contributed by atoms with Crippen molar-refractivity contribution in [3.05, 3.63) is 0 Å². The Morgan fingerprint density at radius 3 is 2.78 bits per heavy atom. The highest BCUT2D eigenvalue weighted by atomic mass is 16.5. The van der Waals surface area contributed by atoms with Crippen LogP contribution in [0.1, 0.15) is 65.2 Å². The molecule has 2 rings (SSSR count). The lowest BCUT2D eigenvalue weighted by molar-refractivity contribution is 0.0970. The molecule has 0 amide bonds. The van der Waals surface area contributed by atoms with Crippen molar-refractivity contribution in [1.29, 1.82) is 0 Å². The summed E-state index contributed by atoms with van der Waals surface area (Å²) < 4.78 is 5.76. The molecule has 1 aliphatic carbocycles. The van der Waals surface area contributed by atoms with Gasteiger partial charge >= 0.3 is 0 Å². The van der Waals surface area contributed by atoms with Crippen LogP contribution in [0.4, 0.5) is 0 Å². The predicted molar refractivity (Wildman–Crippen MR) is 76.8 cm³/mol. The van der Waals surface area contributed by atoms with Crippen LogP contribution in [0.25, 0.3) is 0 Å². The van der Waals surface area contributed by atoms with Crippen LogP contribution in [0.3, 0.4) is 0 Å². The lowest BCUT2D eigenvalue weighted by Crippen LogP contribution is -2.36. The fraction of sp³-hybridized carbons (Fsp3) is 1.00. The average molecular weight is 253 g/mol. The summed E-state index contributed by atoms with van der Waals surface area (Å²) in [5, 5.41) is 3.80. The molecule has 1 heterocycles. The molecule has 2 heteroatoms. The average Bonchev–Trinajstić information content (AvgIpc) is 3.01. The Morgan fingerprint density at radius 1 is 1.28 bits per heavy atom. The first-order chi connectivity index (χ1) is 8.79. The van der Waals surface area contributed by atoms with Gasteiger partial charge in [0.2, 0.25) is 0 Å². The molecule has 1 saturated carbocycles. The second-order valence-electron chi connectivity index (χ2n) is 6.45. The summed E-state index contributed by atoms with van der Waals surface area (Å²) in [6.07, 6.45) is 11.3. The molecule has 18 heavy (non-hydrogen) atoms. The molecule has 1 saturated heterocycles. The zero-order valence-corrected chi connectivity index (χ0v) is 12.3. The standard InChI is InChI=1S/C16H31NO/c1-3-10-17-16(14-7-6-13(2)12-14)9-8-15-5-4-11-18-15/h13-17H,3-12H2,1-2H3. The quantitative estimate of drug-likeness (QED) is 0.746. The molecule has 2 fully saturated rings. The Balaban J connectivity index is 1.76. The van der Waals surface area contributed by atoms with Gasteiger partial charge in [-0.3, -0.25) is 0 Å². The van der Waals surface area contributed by atoms with Gasteiger partial charge in [0.05, 0.1) is 6.10 Å². The highest BCUT2D eigenvalue weighted by Crippen LogP contribution is 2.34. The van der Waals surface area contributed by atoms with E-state index in [9.17, 15) is 0 Å². The van der Waals surface area contributed by atoms with Crippen molar-refractivity contribution in [3.63, 3.8) is 0 Å². The summed E-state index contributed by atoms with van der Waals surface area (Å²) >= 11 is 0. The lowest BCUT2D eigenvalue weighted by Gasteiger charge is -2.26. The Morgan fingerprint density at radius 2 is 2.17 bits per heavy atom. The second-order valence-corrected chi connectivity index (χ2v) is 6.45. The van der Waals surface area contributed by atoms with Crippen molar-refractivity contribution in [2.75, 3.05) is 13.2 Å². The molecule has 4 unspecified atom stereocenters. The zero-order chi connectivity index (χ0) is 12.8. The van der Waals surface area contributed by atoms with Crippen molar-refractivity contribution in [3.8, 4) is 0 Å². The minimum atomic E-state index is 0.565. The van der Waals surface area contributed by atoms with Crippen LogP contribution in [-0.4, -0.2) is 25.3 Å². The fourth-order valence-electron chi connectivity index (χ4n) is 3.69. The minimum Gasteiger partial charge on any atom is -0.378 e. The van der Waals surface area contributed by atoms with E-state index >= 15 is 0 Å². The summed E-state index contributed by atoms with van der Waals surface area (Å²) in [4.78, 5) is 0. The van der Waals surface area contributed by atoms with Gasteiger partial charge in [0, 0.05) is 12.6 Å². The molecule has 2 nitrogen and oxygen atoms in total. The molecule has 0 aromatic rings. The van der Waals surface area contributed by atoms with E-state index in [0.29, 0.717) is 6.10 Å². The van der Waals surface area contributed by atoms with Crippen molar-refractivity contribution in [1.82, 2.24) is 5.32 Å². The van der Waals surface area contributed by atoms with E-state index in [1.54, 1.807) is 0 Å². The van der Waals surface area contributed by atoms with Gasteiger partial charge in [0.1, 0.15) is 0 Å². The Labute approximate surface area is 113 Å². The van der Waals surface area contributed by atoms with Gasteiger partial charge in [-0.25, -0.2) is 0 Å². The van der Waals surface area contributed by atoms with Crippen LogP contribution in [0, 0.1) is 11.8 Å². The summed E-state index contributed by atoms with van der Waals surface area (Å²) in [7, 11) is 0. The van der Waals surface area contributed by atoms with Crippen molar-refractivity contribution in [2.45, 2.75) is 77.4 Å². The third-order valence-electron chi connectivity index (χ3n) is 4.78. The van der Waals surface area contributed by atoms with Gasteiger partial charge in [-0.1, -0.05) is 20.3 Å². The van der Waals surface area contributed by atoms with Gasteiger partial charge in [-0.15, -0.1) is 0 Å². The summed E-state index contributed by atoms with van der Waals surface area (Å²) in [5.41, 5.74) is 0. The van der Waals surface area contributed by atoms with Gasteiger partial charge in [0.25, 0.3) is 0 Å². The van der Waals surface area contributed by atoms with E-state index in [4.69, 9.17) is 4.74 Å². The third kappa shape index (κ3) is 4.24. The van der Waals surface area contributed by atoms with Crippen LogP contribution < -0.4 is 5.32 Å². The highest BCUT2D eigenvalue weighted by molar-refractivity contribution is 4.84. The van der Waals surface area contributed by atoms with Crippen LogP contribution in [0.5, 0.6) is 0 Å². The molecule has 4 atom stereocenters. The Kier molecular flexibility index (Phi) is 5.97. The topological polar surface area (TPSA) is 21.3 Å². The Bertz CT molecular complexity index is 225. The highest BCUT2D eigenvalue weighted by Gasteiger charge is 2.29. The van der Waals surface area contributed by atoms with Gasteiger partial charge in [-0.2, -0.15) is 0 Å². The van der Waals surface area contributed by atoms with Crippen LogP contribution in [-0.2, 0) is 4.74 Å². The molecular formula is C16H31NO. The molecule has 0 bridgehead atoms. The fourth-order valence-corrected chi connectivity index (χ4v) is 3.69. The third-order valence-corrected chi connectivity index (χ3v) is 4.78. The van der Waals surface area contributed by atoms with E-state index in [1.807, 2.05) is 0 Å². The van der Waals surface area contributed by atoms with E-state index in [2.05, 4.69) is 19.2 Å². The lowest BCUT2D eigenvalue weighted by atomic mass is 9.91. The molecule has 1 aliphatic heterocycles. The normalized spacial score (nSPS) is 34.0. The number of rotatable bonds is 7. The van der Waals surface area contributed by atoms with Crippen LogP contribution >= 0.6 is 0 Å². The van der Waals surface area contributed by atoms with E-state index in [0.717, 1.165) is 24.5 Å². The first-order valence-corrected chi connectivity index (χ1v) is 8.14. The number of ether oxygens (including phenoxy) is 1. The Hall–Kier alpha value is -0.0800. The number of hydrogen-bond acceptors (Lipinski definition) is 2. The maximum Gasteiger partial charge on any atom is 0.0576 e. The monoisotopic (exact) mass is 253 g/mol. The van der Waals surface area contributed by atoms with Crippen molar-refractivity contribution in [2.24, 2.45) is 11.8 Å². The molecule has 1 N–H and O–H groups in total. The van der Waals surface area contributed by atoms with Crippen LogP contribution in [0.2, 0.25) is 0 Å². The summed E-state index contributed by atoms with van der Waals surface area (Å²) in [6.45, 7) is 6.86. The van der Waals surface area contributed by atoms with Gasteiger partial charge in [0.15, 0.2) is 0 Å². The molecule has 0 spiro atoms. The maximum absolute atomic E-state index is 5.76. The molecular weight excluding hydrogens is 222 g/mol. The number of nitrogens with one attached hydrogen (secondary N) is 1. The van der Waals surface area contributed by atoms with E-state index in [1.165, 1.54) is 57.9 Å².